The summed E-state index contributed by atoms with van der Waals surface area (Å²) in [6.07, 6.45) is 2.37. The molecule has 0 bridgehead atoms. The van der Waals surface area contributed by atoms with Gasteiger partial charge in [-0.1, -0.05) is 18.2 Å². The number of pyridine rings is 1. The fourth-order valence-electron chi connectivity index (χ4n) is 3.51. The second-order valence-corrected chi connectivity index (χ2v) is 6.70. The molecule has 0 saturated carbocycles. The molecule has 0 aliphatic carbocycles. The van der Waals surface area contributed by atoms with Gasteiger partial charge in [0.2, 0.25) is 5.91 Å². The molecule has 1 saturated heterocycles. The van der Waals surface area contributed by atoms with E-state index < -0.39 is 0 Å². The van der Waals surface area contributed by atoms with E-state index in [4.69, 9.17) is 4.42 Å². The van der Waals surface area contributed by atoms with Crippen molar-refractivity contribution in [3.63, 3.8) is 0 Å². The molecule has 0 spiro atoms. The van der Waals surface area contributed by atoms with Gasteiger partial charge >= 0.3 is 0 Å². The van der Waals surface area contributed by atoms with Gasteiger partial charge < -0.3 is 14.2 Å². The lowest BCUT2D eigenvalue weighted by molar-refractivity contribution is -0.128. The number of para-hydroxylation sites is 1. The highest BCUT2D eigenvalue weighted by molar-refractivity contribution is 6.07. The van der Waals surface area contributed by atoms with Gasteiger partial charge in [-0.3, -0.25) is 9.59 Å². The van der Waals surface area contributed by atoms with E-state index in [2.05, 4.69) is 4.98 Å². The lowest BCUT2D eigenvalue weighted by atomic mass is 10.1. The van der Waals surface area contributed by atoms with Crippen LogP contribution in [0.15, 0.2) is 53.1 Å². The molecule has 1 aliphatic rings. The van der Waals surface area contributed by atoms with Crippen LogP contribution >= 0.6 is 0 Å². The number of hydrogen-bond acceptors (Lipinski definition) is 4. The Balaban J connectivity index is 1.71. The topological polar surface area (TPSA) is 66.7 Å². The van der Waals surface area contributed by atoms with Crippen molar-refractivity contribution < 1.29 is 14.0 Å². The number of rotatable bonds is 2. The second kappa shape index (κ2) is 7.23. The highest BCUT2D eigenvalue weighted by Gasteiger charge is 2.23. The fourth-order valence-corrected chi connectivity index (χ4v) is 3.51. The molecule has 6 heteroatoms. The standard InChI is InChI=1S/C21H21N3O3/c1-15(25)23-9-5-10-24(12-11-23)21(26)17-14-19(20-8-4-13-27-20)22-18-7-3-2-6-16(17)18/h2-4,6-8,13-14H,5,9-12H2,1H3. The molecule has 1 aliphatic heterocycles. The van der Waals surface area contributed by atoms with Crippen LogP contribution in [0.4, 0.5) is 0 Å². The number of aromatic nitrogens is 1. The van der Waals surface area contributed by atoms with E-state index in [1.54, 1.807) is 30.2 Å². The SMILES string of the molecule is CC(=O)N1CCCN(C(=O)c2cc(-c3ccco3)nc3ccccc23)CC1. The molecule has 138 valence electrons. The Morgan fingerprint density at radius 3 is 2.56 bits per heavy atom. The van der Waals surface area contributed by atoms with E-state index >= 15 is 0 Å². The van der Waals surface area contributed by atoms with Gasteiger partial charge in [0, 0.05) is 38.5 Å². The molecule has 2 amide bonds. The summed E-state index contributed by atoms with van der Waals surface area (Å²) in [5.41, 5.74) is 2.01. The molecule has 2 aromatic heterocycles. The van der Waals surface area contributed by atoms with Crippen molar-refractivity contribution in [1.29, 1.82) is 0 Å². The first-order valence-electron chi connectivity index (χ1n) is 9.12. The van der Waals surface area contributed by atoms with Crippen molar-refractivity contribution in [1.82, 2.24) is 14.8 Å². The summed E-state index contributed by atoms with van der Waals surface area (Å²) >= 11 is 0. The largest absolute Gasteiger partial charge is 0.463 e. The Hall–Kier alpha value is -3.15. The third-order valence-electron chi connectivity index (χ3n) is 4.95. The number of benzene rings is 1. The van der Waals surface area contributed by atoms with Gasteiger partial charge in [-0.15, -0.1) is 0 Å². The molecule has 27 heavy (non-hydrogen) atoms. The summed E-state index contributed by atoms with van der Waals surface area (Å²) in [5.74, 6) is 0.652. The van der Waals surface area contributed by atoms with Crippen LogP contribution in [0.5, 0.6) is 0 Å². The maximum Gasteiger partial charge on any atom is 0.254 e. The number of amides is 2. The Morgan fingerprint density at radius 2 is 1.78 bits per heavy atom. The van der Waals surface area contributed by atoms with Gasteiger partial charge in [0.25, 0.3) is 5.91 Å². The predicted molar refractivity (Wildman–Crippen MR) is 102 cm³/mol. The van der Waals surface area contributed by atoms with Crippen LogP contribution in [0.1, 0.15) is 23.7 Å². The molecule has 6 nitrogen and oxygen atoms in total. The van der Waals surface area contributed by atoms with Crippen LogP contribution in [0, 0.1) is 0 Å². The second-order valence-electron chi connectivity index (χ2n) is 6.70. The van der Waals surface area contributed by atoms with Crippen molar-refractivity contribution in [3.05, 3.63) is 54.3 Å². The number of furan rings is 1. The smallest absolute Gasteiger partial charge is 0.254 e. The zero-order valence-electron chi connectivity index (χ0n) is 15.2. The average molecular weight is 363 g/mol. The average Bonchev–Trinajstić information content (AvgIpc) is 3.10. The molecular weight excluding hydrogens is 342 g/mol. The number of carbonyl (C=O) groups excluding carboxylic acids is 2. The van der Waals surface area contributed by atoms with Crippen LogP contribution in [0.2, 0.25) is 0 Å². The van der Waals surface area contributed by atoms with Crippen molar-refractivity contribution in [2.45, 2.75) is 13.3 Å². The molecule has 1 fully saturated rings. The summed E-state index contributed by atoms with van der Waals surface area (Å²) in [5, 5.41) is 0.825. The Morgan fingerprint density at radius 1 is 1.00 bits per heavy atom. The normalized spacial score (nSPS) is 15.0. The van der Waals surface area contributed by atoms with Crippen LogP contribution in [-0.4, -0.2) is 52.8 Å². The summed E-state index contributed by atoms with van der Waals surface area (Å²) in [7, 11) is 0. The number of carbonyl (C=O) groups is 2. The van der Waals surface area contributed by atoms with Gasteiger partial charge in [0.1, 0.15) is 5.69 Å². The zero-order chi connectivity index (χ0) is 18.8. The maximum atomic E-state index is 13.3. The lowest BCUT2D eigenvalue weighted by Crippen LogP contribution is -2.36. The third-order valence-corrected chi connectivity index (χ3v) is 4.95. The fraction of sp³-hybridized carbons (Fsp3) is 0.286. The number of nitrogens with zero attached hydrogens (tertiary/aromatic N) is 3. The minimum Gasteiger partial charge on any atom is -0.463 e. The molecule has 0 N–H and O–H groups in total. The first-order chi connectivity index (χ1) is 13.1. The van der Waals surface area contributed by atoms with Crippen LogP contribution in [0.25, 0.3) is 22.4 Å². The van der Waals surface area contributed by atoms with Crippen molar-refractivity contribution in [3.8, 4) is 11.5 Å². The summed E-state index contributed by atoms with van der Waals surface area (Å²) < 4.78 is 5.48. The molecular formula is C21H21N3O3. The Kier molecular flexibility index (Phi) is 4.62. The number of hydrogen-bond donors (Lipinski definition) is 0. The Labute approximate surface area is 157 Å². The summed E-state index contributed by atoms with van der Waals surface area (Å²) in [6.45, 7) is 3.99. The highest BCUT2D eigenvalue weighted by Crippen LogP contribution is 2.26. The van der Waals surface area contributed by atoms with Gasteiger partial charge in [-0.2, -0.15) is 0 Å². The van der Waals surface area contributed by atoms with Crippen molar-refractivity contribution in [2.24, 2.45) is 0 Å². The zero-order valence-corrected chi connectivity index (χ0v) is 15.2. The maximum absolute atomic E-state index is 13.3. The molecule has 0 unspecified atom stereocenters. The van der Waals surface area contributed by atoms with Gasteiger partial charge in [0.05, 0.1) is 17.3 Å². The van der Waals surface area contributed by atoms with E-state index in [1.807, 2.05) is 35.2 Å². The molecule has 4 rings (SSSR count). The van der Waals surface area contributed by atoms with Crippen LogP contribution in [-0.2, 0) is 4.79 Å². The molecule has 0 atom stereocenters. The monoisotopic (exact) mass is 363 g/mol. The molecule has 3 aromatic rings. The van der Waals surface area contributed by atoms with E-state index in [9.17, 15) is 9.59 Å². The Bertz CT molecular complexity index is 982. The minimum absolute atomic E-state index is 0.0354. The van der Waals surface area contributed by atoms with Crippen molar-refractivity contribution in [2.75, 3.05) is 26.2 Å². The molecule has 3 heterocycles. The van der Waals surface area contributed by atoms with E-state index in [0.717, 1.165) is 17.3 Å². The first-order valence-corrected chi connectivity index (χ1v) is 9.12. The highest BCUT2D eigenvalue weighted by atomic mass is 16.3. The minimum atomic E-state index is -0.0354. The summed E-state index contributed by atoms with van der Waals surface area (Å²) in [6, 6.07) is 13.1. The molecule has 0 radical (unpaired) electrons. The van der Waals surface area contributed by atoms with E-state index in [1.165, 1.54) is 0 Å². The third kappa shape index (κ3) is 3.43. The summed E-state index contributed by atoms with van der Waals surface area (Å²) in [4.78, 5) is 33.3. The van der Waals surface area contributed by atoms with Gasteiger partial charge in [-0.25, -0.2) is 4.98 Å². The number of fused-ring (bicyclic) bond motifs is 1. The van der Waals surface area contributed by atoms with Crippen LogP contribution in [0.3, 0.4) is 0 Å². The van der Waals surface area contributed by atoms with E-state index in [-0.39, 0.29) is 11.8 Å². The van der Waals surface area contributed by atoms with Gasteiger partial charge in [-0.05, 0) is 30.7 Å². The van der Waals surface area contributed by atoms with Crippen molar-refractivity contribution >= 4 is 22.7 Å². The first kappa shape index (κ1) is 17.3. The predicted octanol–water partition coefficient (Wildman–Crippen LogP) is 3.19. The van der Waals surface area contributed by atoms with Crippen LogP contribution < -0.4 is 0 Å². The molecule has 1 aromatic carbocycles. The van der Waals surface area contributed by atoms with Gasteiger partial charge in [0.15, 0.2) is 5.76 Å². The lowest BCUT2D eigenvalue weighted by Gasteiger charge is -2.22. The van der Waals surface area contributed by atoms with E-state index in [0.29, 0.717) is 43.2 Å². The quantitative estimate of drug-likeness (QED) is 0.701.